The summed E-state index contributed by atoms with van der Waals surface area (Å²) in [4.78, 5) is 0. The molecular weight excluding hydrogens is 188 g/mol. The van der Waals surface area contributed by atoms with Crippen molar-refractivity contribution in [2.75, 3.05) is 6.54 Å². The maximum absolute atomic E-state index is 5.50. The monoisotopic (exact) mass is 202 g/mol. The summed E-state index contributed by atoms with van der Waals surface area (Å²) in [6.45, 7) is 0.605. The van der Waals surface area contributed by atoms with E-state index in [0.717, 1.165) is 24.2 Å². The highest BCUT2D eigenvalue weighted by Crippen LogP contribution is 2.09. The molecule has 0 aliphatic carbocycles. The van der Waals surface area contributed by atoms with Gasteiger partial charge in [-0.05, 0) is 12.1 Å². The molecule has 0 fully saturated rings. The average molecular weight is 202 g/mol. The molecule has 1 heterocycles. The molecule has 0 saturated heterocycles. The van der Waals surface area contributed by atoms with Gasteiger partial charge >= 0.3 is 0 Å². The van der Waals surface area contributed by atoms with Crippen molar-refractivity contribution in [1.29, 1.82) is 0 Å². The first-order valence-corrected chi connectivity index (χ1v) is 5.02. The van der Waals surface area contributed by atoms with Gasteiger partial charge in [0.2, 0.25) is 0 Å². The summed E-state index contributed by atoms with van der Waals surface area (Å²) in [5.41, 5.74) is 8.71. The van der Waals surface area contributed by atoms with Crippen LogP contribution in [0.2, 0.25) is 0 Å². The number of rotatable bonds is 4. The van der Waals surface area contributed by atoms with Gasteiger partial charge in [-0.1, -0.05) is 30.3 Å². The van der Waals surface area contributed by atoms with E-state index in [4.69, 9.17) is 5.73 Å². The lowest BCUT2D eigenvalue weighted by atomic mass is 10.1. The van der Waals surface area contributed by atoms with Crippen molar-refractivity contribution in [3.8, 4) is 0 Å². The second-order valence-corrected chi connectivity index (χ2v) is 3.42. The van der Waals surface area contributed by atoms with Gasteiger partial charge in [-0.15, -0.1) is 0 Å². The fourth-order valence-electron chi connectivity index (χ4n) is 1.54. The summed E-state index contributed by atoms with van der Waals surface area (Å²) in [5, 5.41) is 10.9. The molecular formula is C11H14N4. The quantitative estimate of drug-likeness (QED) is 0.774. The molecule has 0 bridgehead atoms. The van der Waals surface area contributed by atoms with E-state index >= 15 is 0 Å². The van der Waals surface area contributed by atoms with Crippen molar-refractivity contribution < 1.29 is 0 Å². The van der Waals surface area contributed by atoms with Crippen LogP contribution in [0.1, 0.15) is 17.0 Å². The van der Waals surface area contributed by atoms with Gasteiger partial charge in [-0.2, -0.15) is 15.4 Å². The lowest BCUT2D eigenvalue weighted by Gasteiger charge is -1.99. The van der Waals surface area contributed by atoms with E-state index in [9.17, 15) is 0 Å². The molecule has 0 atom stereocenters. The van der Waals surface area contributed by atoms with Gasteiger partial charge in [0, 0.05) is 12.8 Å². The van der Waals surface area contributed by atoms with E-state index in [1.165, 1.54) is 5.56 Å². The molecule has 0 aliphatic heterocycles. The van der Waals surface area contributed by atoms with Crippen molar-refractivity contribution >= 4 is 0 Å². The fraction of sp³-hybridized carbons (Fsp3) is 0.273. The van der Waals surface area contributed by atoms with Crippen LogP contribution >= 0.6 is 0 Å². The number of benzene rings is 1. The molecule has 3 N–H and O–H groups in total. The normalized spacial score (nSPS) is 10.5. The Morgan fingerprint density at radius 2 is 1.80 bits per heavy atom. The highest BCUT2D eigenvalue weighted by Gasteiger charge is 2.06. The minimum atomic E-state index is 0.605. The van der Waals surface area contributed by atoms with Gasteiger partial charge in [0.15, 0.2) is 0 Å². The first kappa shape index (κ1) is 9.86. The SMILES string of the molecule is NCCc1n[nH]nc1Cc1ccccc1. The topological polar surface area (TPSA) is 67.6 Å². The summed E-state index contributed by atoms with van der Waals surface area (Å²) in [6, 6.07) is 10.2. The van der Waals surface area contributed by atoms with Crippen LogP contribution in [0.15, 0.2) is 30.3 Å². The third-order valence-electron chi connectivity index (χ3n) is 2.30. The van der Waals surface area contributed by atoms with E-state index in [1.54, 1.807) is 0 Å². The van der Waals surface area contributed by atoms with Crippen molar-refractivity contribution in [3.63, 3.8) is 0 Å². The molecule has 15 heavy (non-hydrogen) atoms. The summed E-state index contributed by atoms with van der Waals surface area (Å²) in [6.07, 6.45) is 1.59. The van der Waals surface area contributed by atoms with Gasteiger partial charge in [0.25, 0.3) is 0 Å². The Morgan fingerprint density at radius 3 is 2.53 bits per heavy atom. The molecule has 1 aromatic heterocycles. The largest absolute Gasteiger partial charge is 0.330 e. The maximum Gasteiger partial charge on any atom is 0.0900 e. The minimum Gasteiger partial charge on any atom is -0.330 e. The van der Waals surface area contributed by atoms with Crippen molar-refractivity contribution in [2.24, 2.45) is 5.73 Å². The van der Waals surface area contributed by atoms with Crippen LogP contribution < -0.4 is 5.73 Å². The molecule has 0 radical (unpaired) electrons. The third-order valence-corrected chi connectivity index (χ3v) is 2.30. The summed E-state index contributed by atoms with van der Waals surface area (Å²) in [5.74, 6) is 0. The molecule has 2 rings (SSSR count). The Kier molecular flexibility index (Phi) is 3.09. The highest BCUT2D eigenvalue weighted by atomic mass is 15.3. The van der Waals surface area contributed by atoms with Crippen LogP contribution in [0.5, 0.6) is 0 Å². The van der Waals surface area contributed by atoms with Crippen molar-refractivity contribution in [3.05, 3.63) is 47.3 Å². The van der Waals surface area contributed by atoms with Gasteiger partial charge in [0.05, 0.1) is 11.4 Å². The maximum atomic E-state index is 5.50. The number of nitrogens with two attached hydrogens (primary N) is 1. The number of nitrogens with zero attached hydrogens (tertiary/aromatic N) is 2. The van der Waals surface area contributed by atoms with Crippen LogP contribution in [-0.4, -0.2) is 22.0 Å². The standard InChI is InChI=1S/C11H14N4/c12-7-6-10-11(14-15-13-10)8-9-4-2-1-3-5-9/h1-5H,6-8,12H2,(H,13,14,15). The molecule has 0 spiro atoms. The Bertz CT molecular complexity index is 408. The third kappa shape index (κ3) is 2.41. The number of aromatic amines is 1. The molecule has 0 unspecified atom stereocenters. The Balaban J connectivity index is 2.14. The zero-order chi connectivity index (χ0) is 10.5. The average Bonchev–Trinajstić information content (AvgIpc) is 2.68. The Hall–Kier alpha value is -1.68. The molecule has 1 aromatic carbocycles. The van der Waals surface area contributed by atoms with E-state index in [2.05, 4.69) is 27.5 Å². The van der Waals surface area contributed by atoms with Crippen molar-refractivity contribution in [1.82, 2.24) is 15.4 Å². The Morgan fingerprint density at radius 1 is 1.07 bits per heavy atom. The lowest BCUT2D eigenvalue weighted by Crippen LogP contribution is -2.05. The zero-order valence-corrected chi connectivity index (χ0v) is 8.48. The van der Waals surface area contributed by atoms with Gasteiger partial charge < -0.3 is 5.73 Å². The summed E-state index contributed by atoms with van der Waals surface area (Å²) in [7, 11) is 0. The molecule has 2 aromatic rings. The van der Waals surface area contributed by atoms with E-state index in [-0.39, 0.29) is 0 Å². The molecule has 4 heteroatoms. The van der Waals surface area contributed by atoms with Crippen LogP contribution in [0.3, 0.4) is 0 Å². The highest BCUT2D eigenvalue weighted by molar-refractivity contribution is 5.23. The minimum absolute atomic E-state index is 0.605. The summed E-state index contributed by atoms with van der Waals surface area (Å²) < 4.78 is 0. The predicted molar refractivity (Wildman–Crippen MR) is 58.4 cm³/mol. The number of nitrogens with one attached hydrogen (secondary N) is 1. The van der Waals surface area contributed by atoms with Crippen LogP contribution in [0.25, 0.3) is 0 Å². The van der Waals surface area contributed by atoms with Crippen molar-refractivity contribution in [2.45, 2.75) is 12.8 Å². The predicted octanol–water partition coefficient (Wildman–Crippen LogP) is 0.897. The lowest BCUT2D eigenvalue weighted by molar-refractivity contribution is 0.877. The molecule has 4 nitrogen and oxygen atoms in total. The summed E-state index contributed by atoms with van der Waals surface area (Å²) >= 11 is 0. The smallest absolute Gasteiger partial charge is 0.0900 e. The number of aromatic nitrogens is 3. The first-order chi connectivity index (χ1) is 7.40. The van der Waals surface area contributed by atoms with E-state index in [1.807, 2.05) is 18.2 Å². The van der Waals surface area contributed by atoms with Crippen LogP contribution in [0, 0.1) is 0 Å². The Labute approximate surface area is 88.5 Å². The fourth-order valence-corrected chi connectivity index (χ4v) is 1.54. The zero-order valence-electron chi connectivity index (χ0n) is 8.48. The first-order valence-electron chi connectivity index (χ1n) is 5.02. The molecule has 0 saturated carbocycles. The number of H-pyrrole nitrogens is 1. The number of hydrogen-bond donors (Lipinski definition) is 2. The molecule has 78 valence electrons. The van der Waals surface area contributed by atoms with E-state index in [0.29, 0.717) is 6.54 Å². The second-order valence-electron chi connectivity index (χ2n) is 3.42. The van der Waals surface area contributed by atoms with Gasteiger partial charge in [-0.3, -0.25) is 0 Å². The van der Waals surface area contributed by atoms with Gasteiger partial charge in [0.1, 0.15) is 0 Å². The van der Waals surface area contributed by atoms with E-state index < -0.39 is 0 Å². The second kappa shape index (κ2) is 4.70. The van der Waals surface area contributed by atoms with Crippen LogP contribution in [-0.2, 0) is 12.8 Å². The molecule has 0 amide bonds. The van der Waals surface area contributed by atoms with Crippen LogP contribution in [0.4, 0.5) is 0 Å². The number of hydrogen-bond acceptors (Lipinski definition) is 3. The van der Waals surface area contributed by atoms with Gasteiger partial charge in [-0.25, -0.2) is 0 Å². The molecule has 0 aliphatic rings.